The van der Waals surface area contributed by atoms with Gasteiger partial charge in [-0.15, -0.1) is 0 Å². The molecule has 1 aromatic heterocycles. The molecule has 0 fully saturated rings. The Morgan fingerprint density at radius 3 is 2.73 bits per heavy atom. The first-order chi connectivity index (χ1) is 12.6. The number of hydrogen-bond donors (Lipinski definition) is 1. The van der Waals surface area contributed by atoms with E-state index >= 15 is 0 Å². The molecule has 0 radical (unpaired) electrons. The fourth-order valence-corrected chi connectivity index (χ4v) is 2.46. The van der Waals surface area contributed by atoms with Crippen LogP contribution in [-0.4, -0.2) is 30.3 Å². The Morgan fingerprint density at radius 2 is 2.00 bits per heavy atom. The summed E-state index contributed by atoms with van der Waals surface area (Å²) in [6.07, 6.45) is 0. The number of methoxy groups -OCH3 is 2. The van der Waals surface area contributed by atoms with Crippen LogP contribution in [0.2, 0.25) is 0 Å². The van der Waals surface area contributed by atoms with Crippen LogP contribution in [0.1, 0.15) is 21.7 Å². The van der Waals surface area contributed by atoms with Crippen LogP contribution in [0, 0.1) is 6.92 Å². The fourth-order valence-electron chi connectivity index (χ4n) is 2.46. The highest BCUT2D eigenvalue weighted by atomic mass is 16.5. The summed E-state index contributed by atoms with van der Waals surface area (Å²) >= 11 is 0. The van der Waals surface area contributed by atoms with Crippen molar-refractivity contribution in [2.45, 2.75) is 13.5 Å². The standard InChI is InChI=1S/C19H19N3O4/c1-12-5-4-6-13(9-12)19-21-17(22-26-19)11-20-18(23)15-8-7-14(24-2)10-16(15)25-3/h4-10H,11H2,1-3H3,(H,20,23). The van der Waals surface area contributed by atoms with Crippen LogP contribution in [0.25, 0.3) is 11.5 Å². The Hall–Kier alpha value is -3.35. The van der Waals surface area contributed by atoms with E-state index in [0.29, 0.717) is 28.8 Å². The number of rotatable bonds is 6. The summed E-state index contributed by atoms with van der Waals surface area (Å²) in [4.78, 5) is 16.7. The van der Waals surface area contributed by atoms with E-state index in [1.54, 1.807) is 25.3 Å². The first-order valence-electron chi connectivity index (χ1n) is 8.00. The van der Waals surface area contributed by atoms with Gasteiger partial charge < -0.3 is 19.3 Å². The van der Waals surface area contributed by atoms with Gasteiger partial charge in [0.2, 0.25) is 0 Å². The minimum absolute atomic E-state index is 0.142. The van der Waals surface area contributed by atoms with Crippen LogP contribution in [0.15, 0.2) is 47.0 Å². The monoisotopic (exact) mass is 353 g/mol. The van der Waals surface area contributed by atoms with E-state index in [1.165, 1.54) is 7.11 Å². The van der Waals surface area contributed by atoms with Crippen molar-refractivity contribution in [3.63, 3.8) is 0 Å². The van der Waals surface area contributed by atoms with E-state index in [9.17, 15) is 4.79 Å². The molecule has 7 nitrogen and oxygen atoms in total. The number of aryl methyl sites for hydroxylation is 1. The lowest BCUT2D eigenvalue weighted by atomic mass is 10.1. The number of carbonyl (C=O) groups excluding carboxylic acids is 1. The van der Waals surface area contributed by atoms with Crippen LogP contribution in [0.3, 0.4) is 0 Å². The van der Waals surface area contributed by atoms with Gasteiger partial charge in [-0.1, -0.05) is 22.9 Å². The zero-order chi connectivity index (χ0) is 18.5. The summed E-state index contributed by atoms with van der Waals surface area (Å²) in [5.74, 6) is 1.54. The van der Waals surface area contributed by atoms with Crippen molar-refractivity contribution >= 4 is 5.91 Å². The number of hydrogen-bond acceptors (Lipinski definition) is 6. The second kappa shape index (κ2) is 7.69. The van der Waals surface area contributed by atoms with Crippen LogP contribution >= 0.6 is 0 Å². The first-order valence-corrected chi connectivity index (χ1v) is 8.00. The highest BCUT2D eigenvalue weighted by Crippen LogP contribution is 2.24. The zero-order valence-electron chi connectivity index (χ0n) is 14.8. The molecule has 3 aromatic rings. The number of nitrogens with zero attached hydrogens (tertiary/aromatic N) is 2. The van der Waals surface area contributed by atoms with Crippen molar-refractivity contribution in [2.75, 3.05) is 14.2 Å². The van der Waals surface area contributed by atoms with Gasteiger partial charge in [-0.05, 0) is 31.2 Å². The maximum absolute atomic E-state index is 12.4. The van der Waals surface area contributed by atoms with Gasteiger partial charge in [0, 0.05) is 11.6 Å². The lowest BCUT2D eigenvalue weighted by molar-refractivity contribution is 0.0946. The van der Waals surface area contributed by atoms with Crippen molar-refractivity contribution in [3.8, 4) is 23.0 Å². The van der Waals surface area contributed by atoms with E-state index in [4.69, 9.17) is 14.0 Å². The van der Waals surface area contributed by atoms with Gasteiger partial charge in [0.05, 0.1) is 26.3 Å². The van der Waals surface area contributed by atoms with Crippen molar-refractivity contribution in [1.82, 2.24) is 15.5 Å². The lowest BCUT2D eigenvalue weighted by Gasteiger charge is -2.09. The van der Waals surface area contributed by atoms with E-state index in [-0.39, 0.29) is 12.5 Å². The zero-order valence-corrected chi connectivity index (χ0v) is 14.8. The third-order valence-corrected chi connectivity index (χ3v) is 3.79. The molecule has 2 aromatic carbocycles. The summed E-state index contributed by atoms with van der Waals surface area (Å²) < 4.78 is 15.6. The number of benzene rings is 2. The summed E-state index contributed by atoms with van der Waals surface area (Å²) in [5, 5.41) is 6.66. The number of carbonyl (C=O) groups is 1. The van der Waals surface area contributed by atoms with E-state index in [0.717, 1.165) is 11.1 Å². The van der Waals surface area contributed by atoms with Gasteiger partial charge in [-0.3, -0.25) is 4.79 Å². The predicted molar refractivity (Wildman–Crippen MR) is 95.2 cm³/mol. The lowest BCUT2D eigenvalue weighted by Crippen LogP contribution is -2.24. The Morgan fingerprint density at radius 1 is 1.15 bits per heavy atom. The largest absolute Gasteiger partial charge is 0.497 e. The summed E-state index contributed by atoms with van der Waals surface area (Å²) in [7, 11) is 3.05. The van der Waals surface area contributed by atoms with Crippen LogP contribution in [-0.2, 0) is 6.54 Å². The van der Waals surface area contributed by atoms with Crippen molar-refractivity contribution in [1.29, 1.82) is 0 Å². The van der Waals surface area contributed by atoms with Gasteiger partial charge in [-0.2, -0.15) is 4.98 Å². The quantitative estimate of drug-likeness (QED) is 0.733. The van der Waals surface area contributed by atoms with Crippen molar-refractivity contribution < 1.29 is 18.8 Å². The SMILES string of the molecule is COc1ccc(C(=O)NCc2noc(-c3cccc(C)c3)n2)c(OC)c1. The summed E-state index contributed by atoms with van der Waals surface area (Å²) in [6.45, 7) is 2.13. The predicted octanol–water partition coefficient (Wildman–Crippen LogP) is 2.99. The Kier molecular flexibility index (Phi) is 5.17. The molecule has 1 heterocycles. The molecule has 0 unspecified atom stereocenters. The van der Waals surface area contributed by atoms with Gasteiger partial charge in [0.1, 0.15) is 11.5 Å². The molecule has 0 aliphatic rings. The average Bonchev–Trinajstić information content (AvgIpc) is 3.14. The smallest absolute Gasteiger partial charge is 0.257 e. The van der Waals surface area contributed by atoms with E-state index in [2.05, 4.69) is 15.5 Å². The molecule has 1 amide bonds. The number of nitrogens with one attached hydrogen (secondary N) is 1. The first kappa shape index (κ1) is 17.5. The van der Waals surface area contributed by atoms with Crippen molar-refractivity contribution in [3.05, 3.63) is 59.4 Å². The fraction of sp³-hybridized carbons (Fsp3) is 0.211. The summed E-state index contributed by atoms with van der Waals surface area (Å²) in [6, 6.07) is 12.8. The summed E-state index contributed by atoms with van der Waals surface area (Å²) in [5.41, 5.74) is 2.34. The maximum atomic E-state index is 12.4. The topological polar surface area (TPSA) is 86.5 Å². The van der Waals surface area contributed by atoms with Crippen LogP contribution < -0.4 is 14.8 Å². The highest BCUT2D eigenvalue weighted by molar-refractivity contribution is 5.97. The third-order valence-electron chi connectivity index (χ3n) is 3.79. The average molecular weight is 353 g/mol. The molecular formula is C19H19N3O4. The number of aromatic nitrogens is 2. The third kappa shape index (κ3) is 3.83. The molecular weight excluding hydrogens is 334 g/mol. The number of amides is 1. The van der Waals surface area contributed by atoms with E-state index in [1.807, 2.05) is 31.2 Å². The normalized spacial score (nSPS) is 10.4. The Labute approximate surface area is 150 Å². The molecule has 1 N–H and O–H groups in total. The molecule has 0 spiro atoms. The molecule has 0 saturated carbocycles. The van der Waals surface area contributed by atoms with Crippen LogP contribution in [0.5, 0.6) is 11.5 Å². The Balaban J connectivity index is 1.69. The molecule has 0 bridgehead atoms. The molecule has 0 aliphatic carbocycles. The maximum Gasteiger partial charge on any atom is 0.257 e. The Bertz CT molecular complexity index is 921. The molecule has 26 heavy (non-hydrogen) atoms. The van der Waals surface area contributed by atoms with Gasteiger partial charge in [-0.25, -0.2) is 0 Å². The molecule has 3 rings (SSSR count). The minimum atomic E-state index is -0.300. The van der Waals surface area contributed by atoms with Gasteiger partial charge >= 0.3 is 0 Å². The molecule has 7 heteroatoms. The second-order valence-corrected chi connectivity index (χ2v) is 5.63. The number of ether oxygens (including phenoxy) is 2. The van der Waals surface area contributed by atoms with Gasteiger partial charge in [0.25, 0.3) is 11.8 Å². The van der Waals surface area contributed by atoms with Crippen LogP contribution in [0.4, 0.5) is 0 Å². The van der Waals surface area contributed by atoms with E-state index < -0.39 is 0 Å². The molecule has 0 atom stereocenters. The van der Waals surface area contributed by atoms with Gasteiger partial charge in [0.15, 0.2) is 5.82 Å². The highest BCUT2D eigenvalue weighted by Gasteiger charge is 2.15. The second-order valence-electron chi connectivity index (χ2n) is 5.63. The minimum Gasteiger partial charge on any atom is -0.497 e. The molecule has 134 valence electrons. The molecule has 0 saturated heterocycles. The van der Waals surface area contributed by atoms with Crippen molar-refractivity contribution in [2.24, 2.45) is 0 Å². The molecule has 0 aliphatic heterocycles.